The van der Waals surface area contributed by atoms with Crippen LogP contribution in [-0.2, 0) is 20.7 Å². The van der Waals surface area contributed by atoms with Crippen LogP contribution in [0.25, 0.3) is 11.5 Å². The number of aromatic nitrogens is 2. The SMILES string of the molecule is COCCN(CC(=O)O)C(=O)CCc1nnc(-c2ccccc2)o1. The van der Waals surface area contributed by atoms with Crippen LogP contribution in [0.4, 0.5) is 0 Å². The van der Waals surface area contributed by atoms with Crippen molar-refractivity contribution >= 4 is 11.9 Å². The maximum absolute atomic E-state index is 12.2. The van der Waals surface area contributed by atoms with Gasteiger partial charge < -0.3 is 19.2 Å². The van der Waals surface area contributed by atoms with Crippen molar-refractivity contribution in [3.05, 3.63) is 36.2 Å². The normalized spacial score (nSPS) is 10.5. The van der Waals surface area contributed by atoms with E-state index < -0.39 is 5.97 Å². The van der Waals surface area contributed by atoms with Gasteiger partial charge in [0.2, 0.25) is 17.7 Å². The van der Waals surface area contributed by atoms with E-state index in [4.69, 9.17) is 14.3 Å². The first-order valence-electron chi connectivity index (χ1n) is 7.46. The number of ether oxygens (including phenoxy) is 1. The summed E-state index contributed by atoms with van der Waals surface area (Å²) in [5, 5.41) is 16.7. The van der Waals surface area contributed by atoms with E-state index in [0.717, 1.165) is 5.56 Å². The lowest BCUT2D eigenvalue weighted by Crippen LogP contribution is -2.38. The highest BCUT2D eigenvalue weighted by atomic mass is 16.5. The van der Waals surface area contributed by atoms with Crippen LogP contribution >= 0.6 is 0 Å². The number of carboxylic acids is 1. The van der Waals surface area contributed by atoms with Gasteiger partial charge in [-0.2, -0.15) is 0 Å². The van der Waals surface area contributed by atoms with Crippen molar-refractivity contribution in [3.63, 3.8) is 0 Å². The van der Waals surface area contributed by atoms with Crippen molar-refractivity contribution in [3.8, 4) is 11.5 Å². The molecule has 0 saturated heterocycles. The fraction of sp³-hybridized carbons (Fsp3) is 0.375. The van der Waals surface area contributed by atoms with Crippen LogP contribution in [0.15, 0.2) is 34.7 Å². The van der Waals surface area contributed by atoms with Crippen molar-refractivity contribution in [2.45, 2.75) is 12.8 Å². The van der Waals surface area contributed by atoms with E-state index in [0.29, 0.717) is 11.8 Å². The quantitative estimate of drug-likeness (QED) is 0.735. The number of benzene rings is 1. The molecule has 0 fully saturated rings. The summed E-state index contributed by atoms with van der Waals surface area (Å²) in [4.78, 5) is 24.2. The average molecular weight is 333 g/mol. The number of rotatable bonds is 9. The summed E-state index contributed by atoms with van der Waals surface area (Å²) in [6.45, 7) is 0.139. The highest BCUT2D eigenvalue weighted by molar-refractivity contribution is 5.81. The monoisotopic (exact) mass is 333 g/mol. The summed E-state index contributed by atoms with van der Waals surface area (Å²) in [6.07, 6.45) is 0.342. The summed E-state index contributed by atoms with van der Waals surface area (Å²) in [5.74, 6) is -0.637. The molecule has 1 aromatic carbocycles. The zero-order valence-corrected chi connectivity index (χ0v) is 13.3. The van der Waals surface area contributed by atoms with Gasteiger partial charge in [-0.3, -0.25) is 9.59 Å². The summed E-state index contributed by atoms with van der Waals surface area (Å²) in [5.41, 5.74) is 0.801. The largest absolute Gasteiger partial charge is 0.480 e. The number of methoxy groups -OCH3 is 1. The van der Waals surface area contributed by atoms with Crippen LogP contribution in [0.2, 0.25) is 0 Å². The molecule has 1 heterocycles. The van der Waals surface area contributed by atoms with Gasteiger partial charge in [-0.15, -0.1) is 10.2 Å². The summed E-state index contributed by atoms with van der Waals surface area (Å²) >= 11 is 0. The standard InChI is InChI=1S/C16H19N3O5/c1-23-10-9-19(11-15(21)22)14(20)8-7-13-17-18-16(24-13)12-5-3-2-4-6-12/h2-6H,7-11H2,1H3,(H,21,22). The Morgan fingerprint density at radius 2 is 2.00 bits per heavy atom. The molecule has 0 bridgehead atoms. The lowest BCUT2D eigenvalue weighted by atomic mass is 10.2. The van der Waals surface area contributed by atoms with Gasteiger partial charge in [0.25, 0.3) is 0 Å². The van der Waals surface area contributed by atoms with Crippen LogP contribution in [0.5, 0.6) is 0 Å². The lowest BCUT2D eigenvalue weighted by molar-refractivity contribution is -0.144. The Labute approximate surface area is 139 Å². The fourth-order valence-corrected chi connectivity index (χ4v) is 2.08. The number of carbonyl (C=O) groups is 2. The van der Waals surface area contributed by atoms with E-state index in [1.807, 2.05) is 30.3 Å². The molecule has 2 aromatic rings. The second-order valence-electron chi connectivity index (χ2n) is 5.07. The summed E-state index contributed by atoms with van der Waals surface area (Å²) in [7, 11) is 1.49. The smallest absolute Gasteiger partial charge is 0.323 e. The van der Waals surface area contributed by atoms with Crippen LogP contribution in [0.1, 0.15) is 12.3 Å². The second kappa shape index (κ2) is 8.78. The van der Waals surface area contributed by atoms with E-state index in [1.165, 1.54) is 12.0 Å². The molecule has 128 valence electrons. The van der Waals surface area contributed by atoms with Gasteiger partial charge in [0.1, 0.15) is 6.54 Å². The van der Waals surface area contributed by atoms with Crippen molar-refractivity contribution in [2.24, 2.45) is 0 Å². The molecule has 1 aromatic heterocycles. The van der Waals surface area contributed by atoms with Gasteiger partial charge in [-0.25, -0.2) is 0 Å². The van der Waals surface area contributed by atoms with Crippen LogP contribution in [0.3, 0.4) is 0 Å². The Morgan fingerprint density at radius 1 is 1.25 bits per heavy atom. The Bertz CT molecular complexity index is 671. The number of hydrogen-bond acceptors (Lipinski definition) is 6. The third-order valence-electron chi connectivity index (χ3n) is 3.28. The van der Waals surface area contributed by atoms with Gasteiger partial charge in [-0.1, -0.05) is 18.2 Å². The first-order valence-corrected chi connectivity index (χ1v) is 7.46. The number of aliphatic carboxylic acids is 1. The Balaban J connectivity index is 1.92. The number of carbonyl (C=O) groups excluding carboxylic acids is 1. The molecule has 8 heteroatoms. The molecule has 0 aliphatic rings. The minimum atomic E-state index is -1.07. The summed E-state index contributed by atoms with van der Waals surface area (Å²) < 4.78 is 10.4. The minimum absolute atomic E-state index is 0.0907. The average Bonchev–Trinajstić information content (AvgIpc) is 3.06. The number of amides is 1. The molecule has 0 saturated carbocycles. The lowest BCUT2D eigenvalue weighted by Gasteiger charge is -2.19. The molecule has 1 N–H and O–H groups in total. The molecule has 24 heavy (non-hydrogen) atoms. The molecular formula is C16H19N3O5. The van der Waals surface area contributed by atoms with Gasteiger partial charge in [0.05, 0.1) is 6.61 Å². The molecule has 0 aliphatic carbocycles. The van der Waals surface area contributed by atoms with Gasteiger partial charge in [0.15, 0.2) is 0 Å². The van der Waals surface area contributed by atoms with Crippen LogP contribution in [-0.4, -0.2) is 58.9 Å². The predicted molar refractivity (Wildman–Crippen MR) is 84.1 cm³/mol. The van der Waals surface area contributed by atoms with E-state index in [-0.39, 0.29) is 38.4 Å². The molecule has 1 amide bonds. The van der Waals surface area contributed by atoms with E-state index in [9.17, 15) is 9.59 Å². The number of carboxylic acid groups (broad SMARTS) is 1. The zero-order valence-electron chi connectivity index (χ0n) is 13.3. The third-order valence-corrected chi connectivity index (χ3v) is 3.28. The van der Waals surface area contributed by atoms with Gasteiger partial charge in [-0.05, 0) is 12.1 Å². The van der Waals surface area contributed by atoms with Crippen LogP contribution < -0.4 is 0 Å². The Morgan fingerprint density at radius 3 is 2.67 bits per heavy atom. The molecule has 8 nitrogen and oxygen atoms in total. The number of aryl methyl sites for hydroxylation is 1. The van der Waals surface area contributed by atoms with Crippen molar-refractivity contribution < 1.29 is 23.8 Å². The third kappa shape index (κ3) is 5.17. The van der Waals surface area contributed by atoms with Crippen molar-refractivity contribution in [2.75, 3.05) is 26.8 Å². The first kappa shape index (κ1) is 17.6. The molecular weight excluding hydrogens is 314 g/mol. The Hall–Kier alpha value is -2.74. The van der Waals surface area contributed by atoms with E-state index in [1.54, 1.807) is 0 Å². The highest BCUT2D eigenvalue weighted by Crippen LogP contribution is 2.17. The van der Waals surface area contributed by atoms with Crippen LogP contribution in [0, 0.1) is 0 Å². The topological polar surface area (TPSA) is 106 Å². The second-order valence-corrected chi connectivity index (χ2v) is 5.07. The molecule has 0 aliphatic heterocycles. The Kier molecular flexibility index (Phi) is 6.44. The highest BCUT2D eigenvalue weighted by Gasteiger charge is 2.18. The first-order chi connectivity index (χ1) is 11.6. The molecule has 2 rings (SSSR count). The van der Waals surface area contributed by atoms with Crippen molar-refractivity contribution in [1.29, 1.82) is 0 Å². The number of nitrogens with zero attached hydrogens (tertiary/aromatic N) is 3. The van der Waals surface area contributed by atoms with E-state index >= 15 is 0 Å². The number of hydrogen-bond donors (Lipinski definition) is 1. The maximum atomic E-state index is 12.2. The maximum Gasteiger partial charge on any atom is 0.323 e. The fourth-order valence-electron chi connectivity index (χ4n) is 2.08. The zero-order chi connectivity index (χ0) is 17.4. The molecule has 0 spiro atoms. The van der Waals surface area contributed by atoms with E-state index in [2.05, 4.69) is 10.2 Å². The summed E-state index contributed by atoms with van der Waals surface area (Å²) in [6, 6.07) is 9.31. The van der Waals surface area contributed by atoms with Gasteiger partial charge >= 0.3 is 5.97 Å². The van der Waals surface area contributed by atoms with Gasteiger partial charge in [0, 0.05) is 32.1 Å². The minimum Gasteiger partial charge on any atom is -0.480 e. The molecule has 0 atom stereocenters. The predicted octanol–water partition coefficient (Wildman–Crippen LogP) is 1.23. The molecule has 0 unspecified atom stereocenters. The molecule has 0 radical (unpaired) electrons. The van der Waals surface area contributed by atoms with Crippen molar-refractivity contribution in [1.82, 2.24) is 15.1 Å².